The van der Waals surface area contributed by atoms with E-state index in [0.29, 0.717) is 0 Å². The fourth-order valence-corrected chi connectivity index (χ4v) is 0.669. The Kier molecular flexibility index (Phi) is 1.55. The molecule has 0 bridgehead atoms. The minimum atomic E-state index is -1.01. The SMILES string of the molecule is C=C1C(=O)OC(CO)C1=O. The van der Waals surface area contributed by atoms with E-state index in [2.05, 4.69) is 11.3 Å². The molecule has 0 saturated carbocycles. The molecule has 4 heteroatoms. The number of Topliss-reactive ketones (excluding diaryl/α,β-unsaturated/α-hetero) is 1. The molecular weight excluding hydrogens is 136 g/mol. The lowest BCUT2D eigenvalue weighted by Gasteiger charge is -1.99. The molecule has 0 aromatic heterocycles. The van der Waals surface area contributed by atoms with Crippen LogP contribution in [0.15, 0.2) is 12.2 Å². The molecule has 0 radical (unpaired) electrons. The van der Waals surface area contributed by atoms with Gasteiger partial charge in [-0.1, -0.05) is 6.58 Å². The zero-order valence-electron chi connectivity index (χ0n) is 5.16. The van der Waals surface area contributed by atoms with Crippen LogP contribution in [0.3, 0.4) is 0 Å². The van der Waals surface area contributed by atoms with Gasteiger partial charge in [0, 0.05) is 0 Å². The summed E-state index contributed by atoms with van der Waals surface area (Å²) in [7, 11) is 0. The average molecular weight is 142 g/mol. The summed E-state index contributed by atoms with van der Waals surface area (Å²) in [4.78, 5) is 21.2. The summed E-state index contributed by atoms with van der Waals surface area (Å²) < 4.78 is 4.40. The summed E-state index contributed by atoms with van der Waals surface area (Å²) in [6.07, 6.45) is -1.01. The molecule has 1 fully saturated rings. The zero-order chi connectivity index (χ0) is 7.72. The fourth-order valence-electron chi connectivity index (χ4n) is 0.669. The number of aliphatic hydroxyl groups excluding tert-OH is 1. The van der Waals surface area contributed by atoms with Crippen LogP contribution in [0.5, 0.6) is 0 Å². The zero-order valence-corrected chi connectivity index (χ0v) is 5.16. The average Bonchev–Trinajstić information content (AvgIpc) is 2.17. The molecule has 0 aromatic carbocycles. The van der Waals surface area contributed by atoms with Gasteiger partial charge < -0.3 is 9.84 Å². The van der Waals surface area contributed by atoms with Crippen molar-refractivity contribution in [2.24, 2.45) is 0 Å². The number of rotatable bonds is 1. The third-order valence-electron chi connectivity index (χ3n) is 1.25. The summed E-state index contributed by atoms with van der Waals surface area (Å²) in [6, 6.07) is 0. The normalized spacial score (nSPS) is 25.3. The summed E-state index contributed by atoms with van der Waals surface area (Å²) in [5, 5.41) is 8.43. The largest absolute Gasteiger partial charge is 0.448 e. The van der Waals surface area contributed by atoms with Crippen molar-refractivity contribution < 1.29 is 19.4 Å². The van der Waals surface area contributed by atoms with E-state index in [0.717, 1.165) is 0 Å². The molecule has 1 heterocycles. The van der Waals surface area contributed by atoms with Crippen molar-refractivity contribution in [1.29, 1.82) is 0 Å². The molecule has 1 atom stereocenters. The van der Waals surface area contributed by atoms with Crippen LogP contribution >= 0.6 is 0 Å². The second kappa shape index (κ2) is 2.22. The van der Waals surface area contributed by atoms with Crippen LogP contribution in [0.4, 0.5) is 0 Å². The number of hydrogen-bond donors (Lipinski definition) is 1. The van der Waals surface area contributed by atoms with Crippen molar-refractivity contribution in [3.63, 3.8) is 0 Å². The molecular formula is C6H6O4. The van der Waals surface area contributed by atoms with Gasteiger partial charge in [-0.05, 0) is 0 Å². The monoisotopic (exact) mass is 142 g/mol. The topological polar surface area (TPSA) is 63.6 Å². The maximum atomic E-state index is 10.7. The van der Waals surface area contributed by atoms with Crippen molar-refractivity contribution in [2.45, 2.75) is 6.10 Å². The van der Waals surface area contributed by atoms with E-state index >= 15 is 0 Å². The van der Waals surface area contributed by atoms with Gasteiger partial charge in [0.1, 0.15) is 0 Å². The third-order valence-corrected chi connectivity index (χ3v) is 1.25. The Hall–Kier alpha value is -1.16. The van der Waals surface area contributed by atoms with Crippen molar-refractivity contribution in [2.75, 3.05) is 6.61 Å². The highest BCUT2D eigenvalue weighted by atomic mass is 16.6. The van der Waals surface area contributed by atoms with Crippen molar-refractivity contribution in [3.05, 3.63) is 12.2 Å². The van der Waals surface area contributed by atoms with E-state index in [1.54, 1.807) is 0 Å². The number of carbonyl (C=O) groups excluding carboxylic acids is 2. The Balaban J connectivity index is 2.81. The standard InChI is InChI=1S/C6H6O4/c1-3-5(8)4(2-7)10-6(3)9/h4,7H,1-2H2. The van der Waals surface area contributed by atoms with E-state index in [1.165, 1.54) is 0 Å². The molecule has 0 aromatic rings. The van der Waals surface area contributed by atoms with E-state index in [1.807, 2.05) is 0 Å². The lowest BCUT2D eigenvalue weighted by atomic mass is 10.2. The quantitative estimate of drug-likeness (QED) is 0.290. The van der Waals surface area contributed by atoms with Gasteiger partial charge in [0.2, 0.25) is 5.78 Å². The van der Waals surface area contributed by atoms with Crippen LogP contribution in [0, 0.1) is 0 Å². The first kappa shape index (κ1) is 6.95. The molecule has 1 N–H and O–H groups in total. The number of hydrogen-bond acceptors (Lipinski definition) is 4. The van der Waals surface area contributed by atoms with E-state index in [9.17, 15) is 9.59 Å². The van der Waals surface area contributed by atoms with Gasteiger partial charge in [-0.3, -0.25) is 4.79 Å². The maximum absolute atomic E-state index is 10.7. The Morgan fingerprint density at radius 1 is 1.60 bits per heavy atom. The number of ether oxygens (including phenoxy) is 1. The molecule has 1 aliphatic heterocycles. The summed E-state index contributed by atoms with van der Waals surface area (Å²) >= 11 is 0. The second-order valence-corrected chi connectivity index (χ2v) is 1.92. The molecule has 1 saturated heterocycles. The number of esters is 1. The summed E-state index contributed by atoms with van der Waals surface area (Å²) in [6.45, 7) is 2.71. The summed E-state index contributed by atoms with van der Waals surface area (Å²) in [5.41, 5.74) is -0.181. The lowest BCUT2D eigenvalue weighted by molar-refractivity contribution is -0.142. The molecule has 4 nitrogen and oxygen atoms in total. The highest BCUT2D eigenvalue weighted by Crippen LogP contribution is 2.13. The van der Waals surface area contributed by atoms with Crippen LogP contribution in [0.2, 0.25) is 0 Å². The maximum Gasteiger partial charge on any atom is 0.342 e. The minimum Gasteiger partial charge on any atom is -0.448 e. The molecule has 0 spiro atoms. The van der Waals surface area contributed by atoms with Gasteiger partial charge in [-0.15, -0.1) is 0 Å². The van der Waals surface area contributed by atoms with Gasteiger partial charge in [-0.2, -0.15) is 0 Å². The highest BCUT2D eigenvalue weighted by molar-refractivity contribution is 6.22. The highest BCUT2D eigenvalue weighted by Gasteiger charge is 2.36. The third kappa shape index (κ3) is 0.823. The van der Waals surface area contributed by atoms with E-state index < -0.39 is 24.5 Å². The fraction of sp³-hybridized carbons (Fsp3) is 0.333. The first-order valence-corrected chi connectivity index (χ1v) is 2.71. The molecule has 1 rings (SSSR count). The Labute approximate surface area is 57.1 Å². The minimum absolute atomic E-state index is 0.181. The molecule has 1 aliphatic rings. The Morgan fingerprint density at radius 3 is 2.40 bits per heavy atom. The first-order chi connectivity index (χ1) is 4.66. The number of carbonyl (C=O) groups is 2. The molecule has 0 amide bonds. The predicted molar refractivity (Wildman–Crippen MR) is 31.1 cm³/mol. The molecule has 54 valence electrons. The van der Waals surface area contributed by atoms with Crippen molar-refractivity contribution in [1.82, 2.24) is 0 Å². The predicted octanol–water partition coefficient (Wildman–Crippen LogP) is -0.971. The lowest BCUT2D eigenvalue weighted by Crippen LogP contribution is -2.20. The molecule has 0 aliphatic carbocycles. The van der Waals surface area contributed by atoms with Crippen LogP contribution in [0.1, 0.15) is 0 Å². The smallest absolute Gasteiger partial charge is 0.342 e. The number of cyclic esters (lactones) is 1. The first-order valence-electron chi connectivity index (χ1n) is 2.71. The van der Waals surface area contributed by atoms with Crippen LogP contribution in [0.25, 0.3) is 0 Å². The van der Waals surface area contributed by atoms with E-state index in [-0.39, 0.29) is 5.57 Å². The summed E-state index contributed by atoms with van der Waals surface area (Å²) in [5.74, 6) is -1.25. The molecule has 10 heavy (non-hydrogen) atoms. The van der Waals surface area contributed by atoms with Gasteiger partial charge >= 0.3 is 5.97 Å². The van der Waals surface area contributed by atoms with Crippen molar-refractivity contribution >= 4 is 11.8 Å². The second-order valence-electron chi connectivity index (χ2n) is 1.92. The van der Waals surface area contributed by atoms with Gasteiger partial charge in [0.25, 0.3) is 0 Å². The number of aliphatic hydroxyl groups is 1. The van der Waals surface area contributed by atoms with Gasteiger partial charge in [0.05, 0.1) is 12.2 Å². The van der Waals surface area contributed by atoms with Crippen LogP contribution in [-0.2, 0) is 14.3 Å². The van der Waals surface area contributed by atoms with Crippen LogP contribution in [-0.4, -0.2) is 29.6 Å². The van der Waals surface area contributed by atoms with Gasteiger partial charge in [-0.25, -0.2) is 4.79 Å². The van der Waals surface area contributed by atoms with Crippen LogP contribution < -0.4 is 0 Å². The van der Waals surface area contributed by atoms with E-state index in [4.69, 9.17) is 5.11 Å². The van der Waals surface area contributed by atoms with Gasteiger partial charge in [0.15, 0.2) is 6.10 Å². The molecule has 1 unspecified atom stereocenters. The Bertz CT molecular complexity index is 206. The van der Waals surface area contributed by atoms with Crippen molar-refractivity contribution in [3.8, 4) is 0 Å². The Morgan fingerprint density at radius 2 is 2.20 bits per heavy atom. The number of ketones is 1.